The van der Waals surface area contributed by atoms with E-state index in [2.05, 4.69) is 21.2 Å². The fourth-order valence-electron chi connectivity index (χ4n) is 8.45. The summed E-state index contributed by atoms with van der Waals surface area (Å²) in [5.41, 5.74) is 12.6. The number of anilines is 2. The van der Waals surface area contributed by atoms with Gasteiger partial charge in [0.1, 0.15) is 28.8 Å². The number of aliphatic carboxylic acids is 2. The van der Waals surface area contributed by atoms with Gasteiger partial charge in [-0.2, -0.15) is 0 Å². The largest absolute Gasteiger partial charge is 0.481 e. The molecule has 1 unspecified atom stereocenters. The monoisotopic (exact) mass is 1060 g/mol. The number of carboxylic acids is 3. The molecule has 8 rings (SSSR count). The lowest BCUT2D eigenvalue weighted by Gasteiger charge is -2.34. The molecular formula is C53H53BrF3N5O10. The van der Waals surface area contributed by atoms with Gasteiger partial charge < -0.3 is 46.3 Å². The number of aromatic nitrogens is 1. The van der Waals surface area contributed by atoms with E-state index in [1.54, 1.807) is 71.6 Å². The SMILES string of the molecule is CC1CN(c2cc3c(cc2F)c(=O)c(C(=O)O)cn3-c2ccc(F)cc2F)CCN1.NC[C@H]1CC[C@H](C(=O)Oc2ccc(CCC(=O)O)cc2)CC1.Nc1c(CC(=O)O)cccc1C(=O)c1ccc(Br)cc1. The van der Waals surface area contributed by atoms with Crippen LogP contribution in [0.3, 0.4) is 0 Å². The highest BCUT2D eigenvalue weighted by Crippen LogP contribution is 2.31. The lowest BCUT2D eigenvalue weighted by atomic mass is 9.82. The van der Waals surface area contributed by atoms with Crippen LogP contribution in [0.1, 0.15) is 76.4 Å². The molecule has 0 radical (unpaired) electrons. The zero-order valence-electron chi connectivity index (χ0n) is 39.1. The van der Waals surface area contributed by atoms with Crippen LogP contribution in [-0.4, -0.2) is 81.8 Å². The topological polar surface area (TPSA) is 245 Å². The van der Waals surface area contributed by atoms with E-state index >= 15 is 0 Å². The van der Waals surface area contributed by atoms with Gasteiger partial charge in [0.25, 0.3) is 0 Å². The molecule has 1 saturated heterocycles. The van der Waals surface area contributed by atoms with E-state index in [1.807, 2.05) is 6.92 Å². The third kappa shape index (κ3) is 13.9. The molecule has 2 fully saturated rings. The first-order valence-corrected chi connectivity index (χ1v) is 23.8. The Balaban J connectivity index is 0.000000181. The fraction of sp³-hybridized carbons (Fsp3) is 0.283. The highest BCUT2D eigenvalue weighted by Gasteiger charge is 2.28. The Labute approximate surface area is 420 Å². The number of benzene rings is 5. The van der Waals surface area contributed by atoms with Gasteiger partial charge in [-0.15, -0.1) is 0 Å². The number of rotatable bonds is 13. The molecule has 2 aliphatic rings. The van der Waals surface area contributed by atoms with Crippen LogP contribution in [0.4, 0.5) is 24.5 Å². The number of halogens is 4. The van der Waals surface area contributed by atoms with Crippen LogP contribution in [0.25, 0.3) is 16.6 Å². The number of aromatic carboxylic acids is 1. The lowest BCUT2D eigenvalue weighted by Crippen LogP contribution is -2.49. The summed E-state index contributed by atoms with van der Waals surface area (Å²) in [6.07, 6.45) is 5.03. The molecule has 15 nitrogen and oxygen atoms in total. The average Bonchev–Trinajstić information content (AvgIpc) is 3.35. The summed E-state index contributed by atoms with van der Waals surface area (Å²) in [5, 5.41) is 29.9. The molecule has 8 N–H and O–H groups in total. The number of hydrogen-bond acceptors (Lipinski definition) is 11. The number of nitrogen functional groups attached to an aromatic ring is 1. The van der Waals surface area contributed by atoms with Crippen LogP contribution >= 0.6 is 15.9 Å². The molecule has 378 valence electrons. The number of fused-ring (bicyclic) bond motifs is 1. The average molecular weight is 1060 g/mol. The molecule has 0 bridgehead atoms. The van der Waals surface area contributed by atoms with Gasteiger partial charge in [-0.05, 0) is 129 Å². The lowest BCUT2D eigenvalue weighted by molar-refractivity contribution is -0.140. The zero-order valence-corrected chi connectivity index (χ0v) is 40.7. The number of piperazine rings is 1. The number of hydrogen-bond donors (Lipinski definition) is 6. The van der Waals surface area contributed by atoms with Crippen molar-refractivity contribution in [2.24, 2.45) is 17.6 Å². The number of ether oxygens (including phenoxy) is 1. The highest BCUT2D eigenvalue weighted by molar-refractivity contribution is 9.10. The number of carbonyl (C=O) groups is 5. The van der Waals surface area contributed by atoms with Crippen molar-refractivity contribution >= 4 is 67.9 Å². The first-order valence-electron chi connectivity index (χ1n) is 23.0. The molecule has 19 heteroatoms. The molecule has 72 heavy (non-hydrogen) atoms. The molecular weight excluding hydrogens is 1000 g/mol. The van der Waals surface area contributed by atoms with E-state index in [-0.39, 0.29) is 64.5 Å². The summed E-state index contributed by atoms with van der Waals surface area (Å²) in [7, 11) is 0. The van der Waals surface area contributed by atoms with Crippen molar-refractivity contribution in [3.63, 3.8) is 0 Å². The molecule has 6 aromatic rings. The molecule has 0 spiro atoms. The second-order valence-corrected chi connectivity index (χ2v) is 18.4. The number of ketones is 1. The van der Waals surface area contributed by atoms with Crippen molar-refractivity contribution in [2.45, 2.75) is 57.9 Å². The maximum atomic E-state index is 14.9. The number of nitrogens with zero attached hydrogens (tertiary/aromatic N) is 2. The quantitative estimate of drug-likeness (QED) is 0.0277. The van der Waals surface area contributed by atoms with Gasteiger partial charge in [0.2, 0.25) is 5.43 Å². The van der Waals surface area contributed by atoms with Gasteiger partial charge in [-0.3, -0.25) is 24.0 Å². The van der Waals surface area contributed by atoms with E-state index in [0.717, 1.165) is 64.7 Å². The maximum Gasteiger partial charge on any atom is 0.341 e. The Hall–Kier alpha value is -7.35. The van der Waals surface area contributed by atoms with Crippen molar-refractivity contribution in [1.82, 2.24) is 9.88 Å². The fourth-order valence-corrected chi connectivity index (χ4v) is 8.71. The molecule has 1 atom stereocenters. The molecule has 1 saturated carbocycles. The number of nitrogens with two attached hydrogens (primary N) is 2. The number of esters is 1. The van der Waals surface area contributed by atoms with Crippen LogP contribution in [0, 0.1) is 29.3 Å². The minimum absolute atomic E-state index is 0.0329. The molecule has 1 aromatic heterocycles. The van der Waals surface area contributed by atoms with Gasteiger partial charge in [0, 0.05) is 71.0 Å². The second kappa shape index (κ2) is 24.7. The van der Waals surface area contributed by atoms with Gasteiger partial charge in [-0.25, -0.2) is 18.0 Å². The van der Waals surface area contributed by atoms with Crippen LogP contribution in [0.5, 0.6) is 5.75 Å². The van der Waals surface area contributed by atoms with E-state index in [4.69, 9.17) is 26.4 Å². The molecule has 1 aliphatic carbocycles. The Morgan fingerprint density at radius 2 is 1.50 bits per heavy atom. The molecule has 2 heterocycles. The van der Waals surface area contributed by atoms with Crippen molar-refractivity contribution in [3.8, 4) is 11.4 Å². The molecule has 1 aliphatic heterocycles. The summed E-state index contributed by atoms with van der Waals surface area (Å²) >= 11 is 3.30. The third-order valence-electron chi connectivity index (χ3n) is 12.4. The van der Waals surface area contributed by atoms with E-state index < -0.39 is 46.4 Å². The van der Waals surface area contributed by atoms with Gasteiger partial charge >= 0.3 is 23.9 Å². The van der Waals surface area contributed by atoms with E-state index in [9.17, 15) is 47.0 Å². The van der Waals surface area contributed by atoms with Gasteiger partial charge in [-0.1, -0.05) is 40.2 Å². The van der Waals surface area contributed by atoms with Gasteiger partial charge in [0.15, 0.2) is 5.78 Å². The summed E-state index contributed by atoms with van der Waals surface area (Å²) < 4.78 is 50.3. The Bertz CT molecular complexity index is 3020. The highest BCUT2D eigenvalue weighted by atomic mass is 79.9. The van der Waals surface area contributed by atoms with Crippen molar-refractivity contribution < 1.29 is 57.2 Å². The van der Waals surface area contributed by atoms with E-state index in [1.165, 1.54) is 6.07 Å². The normalized spacial score (nSPS) is 16.4. The zero-order chi connectivity index (χ0) is 52.2. The standard InChI is InChI=1S/C21H18F3N3O3.C17H23NO4.C15H12BrNO3/c1-11-9-26(5-4-25-11)19-8-18-13(7-16(19)24)20(28)14(21(29)30)10-27(18)17-3-2-12(22)6-15(17)23;18-11-13-1-6-14(7-2-13)17(21)22-15-8-3-12(4-9-15)5-10-16(19)20;16-11-6-4-9(5-7-11)15(20)12-3-1-2-10(14(12)17)8-13(18)19/h2-3,6-8,10-11,25H,4-5,9H2,1H3,(H,29,30);3-4,8-9,13-14H,1-2,5-7,10-11,18H2,(H,19,20);1-7H,8,17H2,(H,18,19)/t;13-,14-;. The summed E-state index contributed by atoms with van der Waals surface area (Å²) in [5.74, 6) is -5.12. The second-order valence-electron chi connectivity index (χ2n) is 17.5. The van der Waals surface area contributed by atoms with Crippen LogP contribution in [-0.2, 0) is 27.2 Å². The number of carboxylic acid groups (broad SMARTS) is 3. The maximum absolute atomic E-state index is 14.9. The number of pyridine rings is 1. The van der Waals surface area contributed by atoms with E-state index in [0.29, 0.717) is 67.0 Å². The Morgan fingerprint density at radius 1 is 0.819 bits per heavy atom. The number of nitrogens with one attached hydrogen (secondary N) is 1. The number of aryl methyl sites for hydroxylation is 1. The van der Waals surface area contributed by atoms with Crippen LogP contribution < -0.4 is 31.8 Å². The first kappa shape index (κ1) is 54.0. The summed E-state index contributed by atoms with van der Waals surface area (Å²) in [4.78, 5) is 71.8. The van der Waals surface area contributed by atoms with Crippen molar-refractivity contribution in [1.29, 1.82) is 0 Å². The minimum Gasteiger partial charge on any atom is -0.481 e. The molecule has 0 amide bonds. The van der Waals surface area contributed by atoms with Crippen molar-refractivity contribution in [2.75, 3.05) is 36.8 Å². The van der Waals surface area contributed by atoms with Crippen LogP contribution in [0.15, 0.2) is 113 Å². The smallest absolute Gasteiger partial charge is 0.341 e. The number of para-hydroxylation sites is 1. The first-order chi connectivity index (χ1) is 34.3. The summed E-state index contributed by atoms with van der Waals surface area (Å²) in [6, 6.07) is 24.1. The predicted molar refractivity (Wildman–Crippen MR) is 268 cm³/mol. The van der Waals surface area contributed by atoms with Gasteiger partial charge in [0.05, 0.1) is 29.2 Å². The van der Waals surface area contributed by atoms with Crippen molar-refractivity contribution in [3.05, 3.63) is 163 Å². The number of carbonyl (C=O) groups excluding carboxylic acids is 2. The summed E-state index contributed by atoms with van der Waals surface area (Å²) in [6.45, 7) is 4.32. The molecule has 5 aromatic carbocycles. The Morgan fingerprint density at radius 3 is 2.11 bits per heavy atom. The van der Waals surface area contributed by atoms with Crippen LogP contribution in [0.2, 0.25) is 0 Å². The minimum atomic E-state index is -1.53. The third-order valence-corrected chi connectivity index (χ3v) is 12.9. The Kier molecular flexibility index (Phi) is 18.5. The predicted octanol–water partition coefficient (Wildman–Crippen LogP) is 8.17.